The van der Waals surface area contributed by atoms with Crippen LogP contribution >= 0.6 is 0 Å². The Morgan fingerprint density at radius 2 is 1.79 bits per heavy atom. The number of ether oxygens (including phenoxy) is 1. The van der Waals surface area contributed by atoms with E-state index in [1.165, 1.54) is 0 Å². The zero-order valence-electron chi connectivity index (χ0n) is 14.1. The van der Waals surface area contributed by atoms with Crippen LogP contribution in [0.25, 0.3) is 0 Å². The molecule has 0 aliphatic carbocycles. The average Bonchev–Trinajstić information content (AvgIpc) is 2.57. The van der Waals surface area contributed by atoms with Crippen molar-refractivity contribution < 1.29 is 14.6 Å². The van der Waals surface area contributed by atoms with E-state index in [0.29, 0.717) is 18.0 Å². The second-order valence-electron chi connectivity index (χ2n) is 5.72. The first-order valence-corrected chi connectivity index (χ1v) is 8.06. The van der Waals surface area contributed by atoms with Crippen molar-refractivity contribution in [3.05, 3.63) is 60.2 Å². The zero-order valence-corrected chi connectivity index (χ0v) is 14.1. The number of aliphatic hydroxyl groups is 1. The number of aliphatic hydroxyl groups excluding tert-OH is 1. The van der Waals surface area contributed by atoms with Crippen molar-refractivity contribution in [3.8, 4) is 5.75 Å². The van der Waals surface area contributed by atoms with Gasteiger partial charge in [0.2, 0.25) is 0 Å². The van der Waals surface area contributed by atoms with Crippen LogP contribution in [0.1, 0.15) is 19.4 Å². The quantitative estimate of drug-likeness (QED) is 0.818. The molecule has 2 rings (SSSR count). The van der Waals surface area contributed by atoms with Gasteiger partial charge in [-0.15, -0.1) is 0 Å². The third-order valence-electron chi connectivity index (χ3n) is 3.36. The molecule has 0 unspecified atom stereocenters. The average molecular weight is 328 g/mol. The fraction of sp³-hybridized carbons (Fsp3) is 0.316. The number of nitrogens with zero attached hydrogens (tertiary/aromatic N) is 1. The topological polar surface area (TPSA) is 61.8 Å². The molecule has 0 radical (unpaired) electrons. The molecule has 0 aromatic heterocycles. The fourth-order valence-corrected chi connectivity index (χ4v) is 2.30. The molecule has 2 N–H and O–H groups in total. The van der Waals surface area contributed by atoms with Gasteiger partial charge in [0.15, 0.2) is 0 Å². The number of hydrogen-bond donors (Lipinski definition) is 2. The minimum Gasteiger partial charge on any atom is -0.489 e. The van der Waals surface area contributed by atoms with E-state index in [4.69, 9.17) is 4.74 Å². The summed E-state index contributed by atoms with van der Waals surface area (Å²) in [6.45, 7) is 4.47. The van der Waals surface area contributed by atoms with Gasteiger partial charge >= 0.3 is 6.03 Å². The highest BCUT2D eigenvalue weighted by Crippen LogP contribution is 2.25. The van der Waals surface area contributed by atoms with Gasteiger partial charge in [0.25, 0.3) is 0 Å². The van der Waals surface area contributed by atoms with Gasteiger partial charge in [-0.05, 0) is 31.5 Å². The van der Waals surface area contributed by atoms with Crippen LogP contribution in [0.5, 0.6) is 5.75 Å². The Balaban J connectivity index is 2.10. The highest BCUT2D eigenvalue weighted by molar-refractivity contribution is 5.91. The lowest BCUT2D eigenvalue weighted by Gasteiger charge is -2.23. The molecule has 0 saturated carbocycles. The number of benzene rings is 2. The molecule has 2 aromatic rings. The first-order valence-electron chi connectivity index (χ1n) is 8.06. The van der Waals surface area contributed by atoms with Crippen molar-refractivity contribution in [2.75, 3.05) is 18.5 Å². The highest BCUT2D eigenvalue weighted by Gasteiger charge is 2.16. The van der Waals surface area contributed by atoms with E-state index in [2.05, 4.69) is 5.32 Å². The lowest BCUT2D eigenvalue weighted by Crippen LogP contribution is -2.36. The van der Waals surface area contributed by atoms with Gasteiger partial charge in [0, 0.05) is 13.1 Å². The standard InChI is InChI=1S/C19H24N2O3/c1-15(2)24-18-11-7-6-10-17(18)20-19(23)21(12-13-22)14-16-8-4-3-5-9-16/h3-11,15,22H,12-14H2,1-2H3,(H,20,23). The Morgan fingerprint density at radius 3 is 2.46 bits per heavy atom. The second-order valence-corrected chi connectivity index (χ2v) is 5.72. The van der Waals surface area contributed by atoms with Crippen LogP contribution < -0.4 is 10.1 Å². The van der Waals surface area contributed by atoms with Gasteiger partial charge < -0.3 is 20.1 Å². The minimum absolute atomic E-state index is 0.0147. The number of urea groups is 1. The van der Waals surface area contributed by atoms with Gasteiger partial charge in [-0.1, -0.05) is 42.5 Å². The van der Waals surface area contributed by atoms with Gasteiger partial charge in [-0.3, -0.25) is 0 Å². The maximum absolute atomic E-state index is 12.6. The Kier molecular flexibility index (Phi) is 6.63. The van der Waals surface area contributed by atoms with Crippen molar-refractivity contribution >= 4 is 11.7 Å². The summed E-state index contributed by atoms with van der Waals surface area (Å²) in [6.07, 6.45) is 0.0147. The Hall–Kier alpha value is -2.53. The Labute approximate surface area is 142 Å². The SMILES string of the molecule is CC(C)Oc1ccccc1NC(=O)N(CCO)Cc1ccccc1. The molecule has 0 spiro atoms. The van der Waals surface area contributed by atoms with Crippen LogP contribution in [0.2, 0.25) is 0 Å². The molecule has 0 saturated heterocycles. The molecular weight excluding hydrogens is 304 g/mol. The highest BCUT2D eigenvalue weighted by atomic mass is 16.5. The van der Waals surface area contributed by atoms with Gasteiger partial charge in [-0.25, -0.2) is 4.79 Å². The van der Waals surface area contributed by atoms with E-state index in [1.807, 2.05) is 62.4 Å². The van der Waals surface area contributed by atoms with E-state index in [1.54, 1.807) is 11.0 Å². The van der Waals surface area contributed by atoms with E-state index in [9.17, 15) is 9.90 Å². The summed E-state index contributed by atoms with van der Waals surface area (Å²) in [5.41, 5.74) is 1.63. The van der Waals surface area contributed by atoms with Crippen molar-refractivity contribution in [2.24, 2.45) is 0 Å². The normalized spacial score (nSPS) is 10.5. The van der Waals surface area contributed by atoms with Gasteiger partial charge in [-0.2, -0.15) is 0 Å². The van der Waals surface area contributed by atoms with E-state index in [0.717, 1.165) is 5.56 Å². The summed E-state index contributed by atoms with van der Waals surface area (Å²) in [5.74, 6) is 0.629. The molecule has 2 aromatic carbocycles. The molecule has 5 heteroatoms. The molecule has 0 aliphatic rings. The summed E-state index contributed by atoms with van der Waals surface area (Å²) in [6, 6.07) is 16.7. The third kappa shape index (κ3) is 5.28. The van der Waals surface area contributed by atoms with Crippen LogP contribution in [0.3, 0.4) is 0 Å². The fourth-order valence-electron chi connectivity index (χ4n) is 2.30. The van der Waals surface area contributed by atoms with Crippen molar-refractivity contribution in [1.82, 2.24) is 4.90 Å². The molecule has 0 atom stereocenters. The molecule has 0 bridgehead atoms. The van der Waals surface area contributed by atoms with E-state index < -0.39 is 0 Å². The van der Waals surface area contributed by atoms with E-state index >= 15 is 0 Å². The number of nitrogens with one attached hydrogen (secondary N) is 1. The van der Waals surface area contributed by atoms with Gasteiger partial charge in [0.05, 0.1) is 18.4 Å². The number of anilines is 1. The number of carbonyl (C=O) groups excluding carboxylic acids is 1. The zero-order chi connectivity index (χ0) is 17.4. The maximum atomic E-state index is 12.6. The smallest absolute Gasteiger partial charge is 0.322 e. The van der Waals surface area contributed by atoms with Gasteiger partial charge in [0.1, 0.15) is 5.75 Å². The molecule has 0 aliphatic heterocycles. The molecule has 0 heterocycles. The number of amides is 2. The molecule has 24 heavy (non-hydrogen) atoms. The predicted molar refractivity (Wildman–Crippen MR) is 95.2 cm³/mol. The van der Waals surface area contributed by atoms with Crippen molar-refractivity contribution in [2.45, 2.75) is 26.5 Å². The number of carbonyl (C=O) groups is 1. The lowest BCUT2D eigenvalue weighted by molar-refractivity contribution is 0.185. The number of para-hydroxylation sites is 2. The summed E-state index contributed by atoms with van der Waals surface area (Å²) in [4.78, 5) is 14.2. The molecule has 0 fully saturated rings. The largest absolute Gasteiger partial charge is 0.489 e. The summed E-state index contributed by atoms with van der Waals surface area (Å²) in [5, 5.41) is 12.1. The third-order valence-corrected chi connectivity index (χ3v) is 3.36. The Bertz CT molecular complexity index is 644. The molecule has 128 valence electrons. The maximum Gasteiger partial charge on any atom is 0.322 e. The van der Waals surface area contributed by atoms with Crippen molar-refractivity contribution in [1.29, 1.82) is 0 Å². The van der Waals surface area contributed by atoms with Crippen molar-refractivity contribution in [3.63, 3.8) is 0 Å². The van der Waals surface area contributed by atoms with Crippen LogP contribution in [-0.4, -0.2) is 35.3 Å². The monoisotopic (exact) mass is 328 g/mol. The minimum atomic E-state index is -0.271. The summed E-state index contributed by atoms with van der Waals surface area (Å²) >= 11 is 0. The molecular formula is C19H24N2O3. The van der Waals surface area contributed by atoms with Crippen LogP contribution in [0.15, 0.2) is 54.6 Å². The first kappa shape index (κ1) is 17.8. The summed E-state index contributed by atoms with van der Waals surface area (Å²) < 4.78 is 5.72. The summed E-state index contributed by atoms with van der Waals surface area (Å²) in [7, 11) is 0. The van der Waals surface area contributed by atoms with Crippen LogP contribution in [-0.2, 0) is 6.54 Å². The predicted octanol–water partition coefficient (Wildman–Crippen LogP) is 3.50. The molecule has 5 nitrogen and oxygen atoms in total. The second kappa shape index (κ2) is 8.93. The Morgan fingerprint density at radius 1 is 1.12 bits per heavy atom. The molecule has 2 amide bonds. The number of rotatable bonds is 7. The van der Waals surface area contributed by atoms with E-state index in [-0.39, 0.29) is 25.3 Å². The van der Waals surface area contributed by atoms with Crippen LogP contribution in [0, 0.1) is 0 Å². The van der Waals surface area contributed by atoms with Crippen LogP contribution in [0.4, 0.5) is 10.5 Å². The number of hydrogen-bond acceptors (Lipinski definition) is 3. The first-order chi connectivity index (χ1) is 11.6. The lowest BCUT2D eigenvalue weighted by atomic mass is 10.2.